The molecule has 2 aliphatic rings. The first-order valence-corrected chi connectivity index (χ1v) is 8.84. The van der Waals surface area contributed by atoms with Crippen LogP contribution in [-0.4, -0.2) is 42.6 Å². The normalized spacial score (nSPS) is 28.6. The fourth-order valence-corrected chi connectivity index (χ4v) is 3.70. The van der Waals surface area contributed by atoms with Gasteiger partial charge >= 0.3 is 6.03 Å². The van der Waals surface area contributed by atoms with E-state index in [1.54, 1.807) is 0 Å². The van der Waals surface area contributed by atoms with Gasteiger partial charge < -0.3 is 15.5 Å². The monoisotopic (exact) mass is 295 g/mol. The van der Waals surface area contributed by atoms with Gasteiger partial charge in [0, 0.05) is 31.7 Å². The van der Waals surface area contributed by atoms with Crippen LogP contribution in [0.15, 0.2) is 0 Å². The van der Waals surface area contributed by atoms with E-state index in [2.05, 4.69) is 36.3 Å². The van der Waals surface area contributed by atoms with E-state index in [9.17, 15) is 4.79 Å². The van der Waals surface area contributed by atoms with Gasteiger partial charge in [0.25, 0.3) is 0 Å². The third-order valence-corrected chi connectivity index (χ3v) is 4.97. The van der Waals surface area contributed by atoms with E-state index in [1.165, 1.54) is 25.8 Å². The minimum Gasteiger partial charge on any atom is -0.335 e. The number of likely N-dealkylation sites (tertiary alicyclic amines) is 1. The van der Waals surface area contributed by atoms with E-state index in [0.717, 1.165) is 38.3 Å². The van der Waals surface area contributed by atoms with Crippen LogP contribution in [0.4, 0.5) is 4.79 Å². The lowest BCUT2D eigenvalue weighted by molar-refractivity contribution is 0.174. The summed E-state index contributed by atoms with van der Waals surface area (Å²) >= 11 is 0. The van der Waals surface area contributed by atoms with Gasteiger partial charge in [-0.3, -0.25) is 0 Å². The molecule has 0 aromatic heterocycles. The Morgan fingerprint density at radius 1 is 1.10 bits per heavy atom. The van der Waals surface area contributed by atoms with Gasteiger partial charge in [-0.15, -0.1) is 0 Å². The molecular formula is C17H33N3O. The molecule has 122 valence electrons. The zero-order valence-corrected chi connectivity index (χ0v) is 14.0. The van der Waals surface area contributed by atoms with Crippen molar-refractivity contribution >= 4 is 6.03 Å². The first-order chi connectivity index (χ1) is 10.0. The average molecular weight is 295 g/mol. The third-order valence-electron chi connectivity index (χ3n) is 4.97. The highest BCUT2D eigenvalue weighted by Gasteiger charge is 2.25. The van der Waals surface area contributed by atoms with Crippen molar-refractivity contribution in [3.05, 3.63) is 0 Å². The molecule has 4 heteroatoms. The number of piperidine rings is 1. The summed E-state index contributed by atoms with van der Waals surface area (Å²) in [7, 11) is 0. The third kappa shape index (κ3) is 5.50. The summed E-state index contributed by atoms with van der Waals surface area (Å²) in [4.78, 5) is 14.7. The Labute approximate surface area is 130 Å². The van der Waals surface area contributed by atoms with Gasteiger partial charge in [0.15, 0.2) is 0 Å². The summed E-state index contributed by atoms with van der Waals surface area (Å²) < 4.78 is 0. The molecule has 21 heavy (non-hydrogen) atoms. The number of urea groups is 1. The molecule has 0 aromatic rings. The van der Waals surface area contributed by atoms with E-state index in [1.807, 2.05) is 0 Å². The number of nitrogens with zero attached hydrogens (tertiary/aromatic N) is 1. The molecule has 2 atom stereocenters. The topological polar surface area (TPSA) is 44.4 Å². The maximum Gasteiger partial charge on any atom is 0.315 e. The van der Waals surface area contributed by atoms with Crippen molar-refractivity contribution < 1.29 is 4.79 Å². The van der Waals surface area contributed by atoms with Crippen LogP contribution >= 0.6 is 0 Å². The highest BCUT2D eigenvalue weighted by atomic mass is 16.2. The van der Waals surface area contributed by atoms with Crippen LogP contribution in [0.1, 0.15) is 59.3 Å². The molecule has 1 aliphatic heterocycles. The fraction of sp³-hybridized carbons (Fsp3) is 0.941. The average Bonchev–Trinajstić information content (AvgIpc) is 2.43. The van der Waals surface area contributed by atoms with Gasteiger partial charge in [0.2, 0.25) is 0 Å². The van der Waals surface area contributed by atoms with Gasteiger partial charge in [-0.05, 0) is 37.5 Å². The Balaban J connectivity index is 1.67. The first kappa shape index (κ1) is 16.6. The van der Waals surface area contributed by atoms with Crippen molar-refractivity contribution in [2.24, 2.45) is 11.8 Å². The van der Waals surface area contributed by atoms with Crippen LogP contribution in [0.3, 0.4) is 0 Å². The number of amides is 2. The predicted molar refractivity (Wildman–Crippen MR) is 87.4 cm³/mol. The molecule has 1 aliphatic carbocycles. The van der Waals surface area contributed by atoms with Crippen molar-refractivity contribution in [2.75, 3.05) is 19.6 Å². The Morgan fingerprint density at radius 3 is 2.38 bits per heavy atom. The summed E-state index contributed by atoms with van der Waals surface area (Å²) in [5, 5.41) is 6.38. The maximum absolute atomic E-state index is 12.1. The predicted octanol–water partition coefficient (Wildman–Crippen LogP) is 2.98. The summed E-state index contributed by atoms with van der Waals surface area (Å²) in [6, 6.07) is 0.781. The van der Waals surface area contributed by atoms with Crippen LogP contribution in [0.5, 0.6) is 0 Å². The number of carbonyl (C=O) groups is 1. The SMILES string of the molecule is CC(C)CN1CCC(NC(=O)N[C@H]2CCCC[C@@H]2C)CC1. The van der Waals surface area contributed by atoms with Gasteiger partial charge in [-0.1, -0.05) is 33.6 Å². The van der Waals surface area contributed by atoms with Crippen LogP contribution in [0.25, 0.3) is 0 Å². The molecule has 0 bridgehead atoms. The quantitative estimate of drug-likeness (QED) is 0.837. The summed E-state index contributed by atoms with van der Waals surface area (Å²) in [5.41, 5.74) is 0. The lowest BCUT2D eigenvalue weighted by atomic mass is 9.86. The number of rotatable bonds is 4. The zero-order chi connectivity index (χ0) is 15.2. The number of nitrogens with one attached hydrogen (secondary N) is 2. The second-order valence-electron chi connectivity index (χ2n) is 7.45. The molecule has 2 fully saturated rings. The molecule has 2 N–H and O–H groups in total. The van der Waals surface area contributed by atoms with Crippen molar-refractivity contribution in [2.45, 2.75) is 71.4 Å². The molecule has 0 aromatic carbocycles. The molecule has 2 amide bonds. The standard InChI is InChI=1S/C17H33N3O/c1-13(2)12-20-10-8-15(9-11-20)18-17(21)19-16-7-5-4-6-14(16)3/h13-16H,4-12H2,1-3H3,(H2,18,19,21)/t14-,16-/m0/s1. The summed E-state index contributed by atoms with van der Waals surface area (Å²) in [6.45, 7) is 10.2. The molecule has 0 radical (unpaired) electrons. The van der Waals surface area contributed by atoms with E-state index in [-0.39, 0.29) is 6.03 Å². The van der Waals surface area contributed by atoms with Crippen LogP contribution in [0.2, 0.25) is 0 Å². The first-order valence-electron chi connectivity index (χ1n) is 8.84. The highest BCUT2D eigenvalue weighted by molar-refractivity contribution is 5.74. The Bertz CT molecular complexity index is 324. The van der Waals surface area contributed by atoms with Crippen molar-refractivity contribution in [3.8, 4) is 0 Å². The van der Waals surface area contributed by atoms with E-state index < -0.39 is 0 Å². The second kappa shape index (κ2) is 8.02. The summed E-state index contributed by atoms with van der Waals surface area (Å²) in [6.07, 6.45) is 7.12. The van der Waals surface area contributed by atoms with Crippen LogP contribution in [0, 0.1) is 11.8 Å². The minimum absolute atomic E-state index is 0.0519. The number of carbonyl (C=O) groups excluding carboxylic acids is 1. The smallest absolute Gasteiger partial charge is 0.315 e. The van der Waals surface area contributed by atoms with E-state index in [0.29, 0.717) is 18.0 Å². The molecule has 2 rings (SSSR count). The summed E-state index contributed by atoms with van der Waals surface area (Å²) in [5.74, 6) is 1.35. The van der Waals surface area contributed by atoms with Crippen LogP contribution in [-0.2, 0) is 0 Å². The molecule has 1 saturated carbocycles. The Morgan fingerprint density at radius 2 is 1.76 bits per heavy atom. The molecular weight excluding hydrogens is 262 g/mol. The molecule has 0 unspecified atom stereocenters. The molecule has 4 nitrogen and oxygen atoms in total. The zero-order valence-electron chi connectivity index (χ0n) is 14.0. The lowest BCUT2D eigenvalue weighted by Gasteiger charge is -2.34. The van der Waals surface area contributed by atoms with Gasteiger partial charge in [0.05, 0.1) is 0 Å². The Kier molecular flexibility index (Phi) is 6.34. The van der Waals surface area contributed by atoms with Gasteiger partial charge in [0.1, 0.15) is 0 Å². The minimum atomic E-state index is 0.0519. The second-order valence-corrected chi connectivity index (χ2v) is 7.45. The van der Waals surface area contributed by atoms with E-state index >= 15 is 0 Å². The highest BCUT2D eigenvalue weighted by Crippen LogP contribution is 2.23. The van der Waals surface area contributed by atoms with E-state index in [4.69, 9.17) is 0 Å². The largest absolute Gasteiger partial charge is 0.335 e. The van der Waals surface area contributed by atoms with Gasteiger partial charge in [-0.2, -0.15) is 0 Å². The molecule has 0 spiro atoms. The molecule has 1 heterocycles. The van der Waals surface area contributed by atoms with Crippen molar-refractivity contribution in [1.29, 1.82) is 0 Å². The number of hydrogen-bond donors (Lipinski definition) is 2. The van der Waals surface area contributed by atoms with Crippen molar-refractivity contribution in [1.82, 2.24) is 15.5 Å². The van der Waals surface area contributed by atoms with Crippen LogP contribution < -0.4 is 10.6 Å². The Hall–Kier alpha value is -0.770. The number of hydrogen-bond acceptors (Lipinski definition) is 2. The lowest BCUT2D eigenvalue weighted by Crippen LogP contribution is -2.51. The molecule has 1 saturated heterocycles. The van der Waals surface area contributed by atoms with Crippen molar-refractivity contribution in [3.63, 3.8) is 0 Å². The maximum atomic E-state index is 12.1. The fourth-order valence-electron chi connectivity index (χ4n) is 3.70. The van der Waals surface area contributed by atoms with Gasteiger partial charge in [-0.25, -0.2) is 4.79 Å².